The molecule has 0 radical (unpaired) electrons. The van der Waals surface area contributed by atoms with Crippen molar-refractivity contribution in [2.75, 3.05) is 84.6 Å². The number of anilines is 1. The van der Waals surface area contributed by atoms with Crippen LogP contribution in [-0.4, -0.2) is 97.5 Å². The van der Waals surface area contributed by atoms with Crippen molar-refractivity contribution in [3.8, 4) is 11.8 Å². The highest BCUT2D eigenvalue weighted by Crippen LogP contribution is 2.25. The normalized spacial score (nSPS) is 11.8. The van der Waals surface area contributed by atoms with E-state index >= 15 is 0 Å². The van der Waals surface area contributed by atoms with Crippen molar-refractivity contribution in [3.05, 3.63) is 65.2 Å². The number of methoxy groups -OCH3 is 1. The van der Waals surface area contributed by atoms with Crippen LogP contribution in [0.5, 0.6) is 0 Å². The highest BCUT2D eigenvalue weighted by atomic mass is 16.6. The fraction of sp³-hybridized carbons (Fsp3) is 0.485. The largest absolute Gasteiger partial charge is 0.469 e. The zero-order valence-corrected chi connectivity index (χ0v) is 25.3. The van der Waals surface area contributed by atoms with Crippen LogP contribution in [0.3, 0.4) is 0 Å². The summed E-state index contributed by atoms with van der Waals surface area (Å²) in [5.74, 6) is 5.84. The molecule has 1 N–H and O–H groups in total. The fourth-order valence-electron chi connectivity index (χ4n) is 4.14. The van der Waals surface area contributed by atoms with Crippen LogP contribution in [0.1, 0.15) is 36.0 Å². The van der Waals surface area contributed by atoms with Crippen molar-refractivity contribution < 1.29 is 42.8 Å². The molecule has 1 heterocycles. The Hall–Kier alpha value is -3.79. The molecule has 2 amide bonds. The van der Waals surface area contributed by atoms with Crippen LogP contribution in [0.4, 0.5) is 5.69 Å². The maximum Gasteiger partial charge on any atom is 0.307 e. The van der Waals surface area contributed by atoms with Crippen molar-refractivity contribution in [2.45, 2.75) is 25.8 Å². The van der Waals surface area contributed by atoms with Crippen LogP contribution in [0.25, 0.3) is 0 Å². The number of para-hydroxylation sites is 1. The van der Waals surface area contributed by atoms with Gasteiger partial charge in [-0.15, -0.1) is 0 Å². The number of amides is 2. The summed E-state index contributed by atoms with van der Waals surface area (Å²) in [4.78, 5) is 38.1. The average molecular weight is 611 g/mol. The molecule has 0 fully saturated rings. The van der Waals surface area contributed by atoms with Crippen LogP contribution < -0.4 is 10.2 Å². The molecule has 2 aromatic carbocycles. The predicted molar refractivity (Wildman–Crippen MR) is 163 cm³/mol. The summed E-state index contributed by atoms with van der Waals surface area (Å²) >= 11 is 0. The number of hydrogen-bond acceptors (Lipinski definition) is 9. The molecule has 44 heavy (non-hydrogen) atoms. The van der Waals surface area contributed by atoms with Gasteiger partial charge in [0.15, 0.2) is 0 Å². The first-order valence-corrected chi connectivity index (χ1v) is 14.8. The van der Waals surface area contributed by atoms with Crippen molar-refractivity contribution in [3.63, 3.8) is 0 Å². The van der Waals surface area contributed by atoms with Crippen LogP contribution in [0.15, 0.2) is 48.5 Å². The number of rotatable bonds is 21. The zero-order chi connectivity index (χ0) is 31.2. The number of benzene rings is 2. The maximum atomic E-state index is 13.2. The molecule has 0 saturated carbocycles. The first-order chi connectivity index (χ1) is 21.6. The molecule has 0 saturated heterocycles. The molecule has 3 rings (SSSR count). The van der Waals surface area contributed by atoms with Gasteiger partial charge in [0.05, 0.1) is 91.8 Å². The van der Waals surface area contributed by atoms with Crippen molar-refractivity contribution in [1.29, 1.82) is 0 Å². The molecule has 0 aromatic heterocycles. The summed E-state index contributed by atoms with van der Waals surface area (Å²) in [5, 5.41) is 2.81. The van der Waals surface area contributed by atoms with Gasteiger partial charge in [0.1, 0.15) is 0 Å². The van der Waals surface area contributed by atoms with Gasteiger partial charge in [0, 0.05) is 30.5 Å². The number of ether oxygens (including phenoxy) is 6. The van der Waals surface area contributed by atoms with E-state index in [2.05, 4.69) is 21.9 Å². The Balaban J connectivity index is 1.17. The lowest BCUT2D eigenvalue weighted by Gasteiger charge is -2.26. The van der Waals surface area contributed by atoms with Gasteiger partial charge in [0.25, 0.3) is 0 Å². The molecule has 0 unspecified atom stereocenters. The minimum atomic E-state index is -0.299. The molecule has 0 aliphatic carbocycles. The van der Waals surface area contributed by atoms with E-state index in [1.165, 1.54) is 7.11 Å². The summed E-state index contributed by atoms with van der Waals surface area (Å²) in [6, 6.07) is 15.4. The minimum Gasteiger partial charge on any atom is -0.469 e. The molecule has 0 bridgehead atoms. The Kier molecular flexibility index (Phi) is 16.6. The first kappa shape index (κ1) is 34.7. The van der Waals surface area contributed by atoms with Crippen molar-refractivity contribution in [2.24, 2.45) is 0 Å². The highest BCUT2D eigenvalue weighted by Gasteiger charge is 2.21. The molecule has 1 aliphatic rings. The third-order valence-corrected chi connectivity index (χ3v) is 6.47. The van der Waals surface area contributed by atoms with Gasteiger partial charge in [-0.05, 0) is 23.8 Å². The lowest BCUT2D eigenvalue weighted by molar-refractivity contribution is -0.142. The summed E-state index contributed by atoms with van der Waals surface area (Å²) in [6.45, 7) is 4.56. The Morgan fingerprint density at radius 3 is 1.84 bits per heavy atom. The Morgan fingerprint density at radius 2 is 1.20 bits per heavy atom. The molecular weight excluding hydrogens is 568 g/mol. The predicted octanol–water partition coefficient (Wildman–Crippen LogP) is 2.48. The Bertz CT molecular complexity index is 1240. The smallest absolute Gasteiger partial charge is 0.307 e. The number of hydrogen-bond donors (Lipinski definition) is 1. The van der Waals surface area contributed by atoms with Crippen molar-refractivity contribution in [1.82, 2.24) is 5.32 Å². The molecule has 0 atom stereocenters. The monoisotopic (exact) mass is 610 g/mol. The summed E-state index contributed by atoms with van der Waals surface area (Å²) in [6.07, 6.45) is 0.598. The second-order valence-electron chi connectivity index (χ2n) is 9.64. The second-order valence-corrected chi connectivity index (χ2v) is 9.64. The molecule has 2 aromatic rings. The lowest BCUT2D eigenvalue weighted by Crippen LogP contribution is -2.35. The molecule has 238 valence electrons. The number of carbonyl (C=O) groups is 3. The number of carbonyl (C=O) groups excluding carboxylic acids is 3. The average Bonchev–Trinajstić information content (AvgIpc) is 3.03. The van der Waals surface area contributed by atoms with Crippen LogP contribution in [-0.2, 0) is 49.3 Å². The van der Waals surface area contributed by atoms with Crippen LogP contribution in [0.2, 0.25) is 0 Å². The molecule has 11 heteroatoms. The molecular formula is C33H42N2O9. The lowest BCUT2D eigenvalue weighted by atomic mass is 10.0. The van der Waals surface area contributed by atoms with E-state index in [1.807, 2.05) is 48.5 Å². The van der Waals surface area contributed by atoms with E-state index in [9.17, 15) is 14.4 Å². The zero-order valence-electron chi connectivity index (χ0n) is 25.3. The van der Waals surface area contributed by atoms with Crippen molar-refractivity contribution >= 4 is 23.5 Å². The Morgan fingerprint density at radius 1 is 0.682 bits per heavy atom. The number of esters is 1. The highest BCUT2D eigenvalue weighted by molar-refractivity contribution is 5.95. The number of fused-ring (bicyclic) bond motifs is 2. The number of nitrogens with zero attached hydrogens (tertiary/aromatic N) is 1. The van der Waals surface area contributed by atoms with E-state index in [1.54, 1.807) is 4.90 Å². The third-order valence-electron chi connectivity index (χ3n) is 6.47. The SMILES string of the molecule is COC(=O)CCOCCOCCOCCOCCOCCC(=O)NCCC(=O)N1Cc2ccccc2C#Cc2ccccc21. The summed E-state index contributed by atoms with van der Waals surface area (Å²) in [5.41, 5.74) is 3.46. The van der Waals surface area contributed by atoms with Crippen LogP contribution >= 0.6 is 0 Å². The quantitative estimate of drug-likeness (QED) is 0.129. The van der Waals surface area contributed by atoms with Gasteiger partial charge in [-0.25, -0.2) is 0 Å². The molecule has 1 aliphatic heterocycles. The molecule has 0 spiro atoms. The van der Waals surface area contributed by atoms with Gasteiger partial charge >= 0.3 is 5.97 Å². The first-order valence-electron chi connectivity index (χ1n) is 14.8. The van der Waals surface area contributed by atoms with Crippen LogP contribution in [0, 0.1) is 11.8 Å². The maximum absolute atomic E-state index is 13.2. The van der Waals surface area contributed by atoms with E-state index in [0.717, 1.165) is 22.4 Å². The van der Waals surface area contributed by atoms with Gasteiger partial charge in [-0.1, -0.05) is 42.2 Å². The second kappa shape index (κ2) is 21.0. The minimum absolute atomic E-state index is 0.0835. The standard InChI is InChI=1S/C33H42N2O9/c1-39-33(38)14-17-41-19-21-43-23-25-44-24-22-42-20-18-40-16-13-31(36)34-15-12-32(37)35-26-29-8-3-2-6-27(29)10-11-28-7-4-5-9-30(28)35/h2-9H,12-26H2,1H3,(H,34,36). The third kappa shape index (κ3) is 13.2. The fourth-order valence-corrected chi connectivity index (χ4v) is 4.14. The number of nitrogens with one attached hydrogen (secondary N) is 1. The summed E-state index contributed by atoms with van der Waals surface area (Å²) < 4.78 is 31.5. The summed E-state index contributed by atoms with van der Waals surface area (Å²) in [7, 11) is 1.34. The van der Waals surface area contributed by atoms with Gasteiger partial charge < -0.3 is 38.6 Å². The van der Waals surface area contributed by atoms with E-state index in [4.69, 9.17) is 23.7 Å². The molecule has 11 nitrogen and oxygen atoms in total. The van der Waals surface area contributed by atoms with Gasteiger partial charge in [0.2, 0.25) is 11.8 Å². The van der Waals surface area contributed by atoms with E-state index in [-0.39, 0.29) is 50.2 Å². The Labute approximate surface area is 259 Å². The van der Waals surface area contributed by atoms with E-state index < -0.39 is 0 Å². The van der Waals surface area contributed by atoms with Gasteiger partial charge in [-0.3, -0.25) is 14.4 Å². The van der Waals surface area contributed by atoms with E-state index in [0.29, 0.717) is 66.0 Å². The topological polar surface area (TPSA) is 122 Å². The van der Waals surface area contributed by atoms with Gasteiger partial charge in [-0.2, -0.15) is 0 Å².